The van der Waals surface area contributed by atoms with Crippen LogP contribution in [0.25, 0.3) is 0 Å². The quantitative estimate of drug-likeness (QED) is 0.636. The van der Waals surface area contributed by atoms with Crippen molar-refractivity contribution in [3.63, 3.8) is 0 Å². The molecule has 0 saturated carbocycles. The fourth-order valence-electron chi connectivity index (χ4n) is 2.44. The minimum Gasteiger partial charge on any atom is -0.497 e. The molecule has 0 atom stereocenters. The van der Waals surface area contributed by atoms with Gasteiger partial charge in [0.1, 0.15) is 11.6 Å². The first kappa shape index (κ1) is 12.7. The molecule has 4 heteroatoms. The van der Waals surface area contributed by atoms with Crippen molar-refractivity contribution in [2.24, 2.45) is 5.73 Å². The summed E-state index contributed by atoms with van der Waals surface area (Å²) in [6.45, 7) is 2.07. The van der Waals surface area contributed by atoms with Gasteiger partial charge in [0.2, 0.25) is 0 Å². The average Bonchev–Trinajstić information content (AvgIpc) is 2.66. The summed E-state index contributed by atoms with van der Waals surface area (Å²) in [4.78, 5) is 2.33. The Kier molecular flexibility index (Phi) is 4.07. The first-order valence-electron chi connectivity index (χ1n) is 6.50. The number of methoxy groups -OCH3 is 1. The SMILES string of the molecule is COc1ccc(C(=N)N)c(N2CCCCCC2)c1. The van der Waals surface area contributed by atoms with E-state index in [0.717, 1.165) is 30.1 Å². The number of ether oxygens (including phenoxy) is 1. The van der Waals surface area contributed by atoms with E-state index in [4.69, 9.17) is 15.9 Å². The highest BCUT2D eigenvalue weighted by atomic mass is 16.5. The maximum absolute atomic E-state index is 7.69. The number of nitrogens with zero attached hydrogens (tertiary/aromatic N) is 1. The normalized spacial score (nSPS) is 16.2. The Balaban J connectivity index is 2.35. The van der Waals surface area contributed by atoms with Crippen LogP contribution in [0.1, 0.15) is 31.2 Å². The minimum absolute atomic E-state index is 0.122. The van der Waals surface area contributed by atoms with Crippen LogP contribution in [0.3, 0.4) is 0 Å². The van der Waals surface area contributed by atoms with E-state index in [1.165, 1.54) is 25.7 Å². The lowest BCUT2D eigenvalue weighted by atomic mass is 10.1. The number of amidine groups is 1. The molecule has 0 aromatic heterocycles. The van der Waals surface area contributed by atoms with Crippen LogP contribution in [0, 0.1) is 5.41 Å². The van der Waals surface area contributed by atoms with Crippen molar-refractivity contribution >= 4 is 11.5 Å². The number of nitrogen functional groups attached to an aromatic ring is 1. The Hall–Kier alpha value is -1.71. The second kappa shape index (κ2) is 5.76. The van der Waals surface area contributed by atoms with Crippen molar-refractivity contribution in [2.45, 2.75) is 25.7 Å². The molecule has 1 aliphatic rings. The third-order valence-electron chi connectivity index (χ3n) is 3.44. The van der Waals surface area contributed by atoms with Gasteiger partial charge in [-0.25, -0.2) is 0 Å². The summed E-state index contributed by atoms with van der Waals surface area (Å²) >= 11 is 0. The third kappa shape index (κ3) is 2.75. The molecule has 3 N–H and O–H groups in total. The molecule has 1 aliphatic heterocycles. The van der Waals surface area contributed by atoms with Gasteiger partial charge in [0.05, 0.1) is 12.8 Å². The van der Waals surface area contributed by atoms with E-state index in [1.807, 2.05) is 18.2 Å². The molecule has 0 radical (unpaired) electrons. The molecule has 18 heavy (non-hydrogen) atoms. The molecule has 1 saturated heterocycles. The number of hydrogen-bond donors (Lipinski definition) is 2. The van der Waals surface area contributed by atoms with E-state index in [1.54, 1.807) is 7.11 Å². The monoisotopic (exact) mass is 247 g/mol. The highest BCUT2D eigenvalue weighted by Gasteiger charge is 2.15. The largest absolute Gasteiger partial charge is 0.497 e. The Labute approximate surface area is 108 Å². The lowest BCUT2D eigenvalue weighted by Crippen LogP contribution is -2.27. The standard InChI is InChI=1S/C14H21N3O/c1-18-11-6-7-12(14(15)16)13(10-11)17-8-4-2-3-5-9-17/h6-7,10H,2-5,8-9H2,1H3,(H3,15,16). The molecule has 1 heterocycles. The van der Waals surface area contributed by atoms with Gasteiger partial charge >= 0.3 is 0 Å². The minimum atomic E-state index is 0.122. The lowest BCUT2D eigenvalue weighted by Gasteiger charge is -2.25. The first-order valence-corrected chi connectivity index (χ1v) is 6.50. The lowest BCUT2D eigenvalue weighted by molar-refractivity contribution is 0.414. The molecule has 0 spiro atoms. The van der Waals surface area contributed by atoms with E-state index in [2.05, 4.69) is 4.90 Å². The molecule has 0 amide bonds. The van der Waals surface area contributed by atoms with E-state index >= 15 is 0 Å². The van der Waals surface area contributed by atoms with Crippen molar-refractivity contribution < 1.29 is 4.74 Å². The Bertz CT molecular complexity index is 423. The molecule has 0 bridgehead atoms. The zero-order chi connectivity index (χ0) is 13.0. The van der Waals surface area contributed by atoms with Gasteiger partial charge in [-0.3, -0.25) is 5.41 Å². The summed E-state index contributed by atoms with van der Waals surface area (Å²) in [6.07, 6.45) is 4.98. The number of benzene rings is 1. The molecule has 1 aromatic rings. The van der Waals surface area contributed by atoms with Gasteiger partial charge in [-0.15, -0.1) is 0 Å². The number of nitrogens with one attached hydrogen (secondary N) is 1. The van der Waals surface area contributed by atoms with Crippen LogP contribution in [-0.2, 0) is 0 Å². The summed E-state index contributed by atoms with van der Waals surface area (Å²) in [5.41, 5.74) is 7.50. The Morgan fingerprint density at radius 1 is 1.22 bits per heavy atom. The smallest absolute Gasteiger partial charge is 0.124 e. The molecular formula is C14H21N3O. The van der Waals surface area contributed by atoms with E-state index in [9.17, 15) is 0 Å². The Morgan fingerprint density at radius 3 is 2.44 bits per heavy atom. The van der Waals surface area contributed by atoms with Crippen LogP contribution in [0.5, 0.6) is 5.75 Å². The zero-order valence-corrected chi connectivity index (χ0v) is 10.9. The van der Waals surface area contributed by atoms with Crippen molar-refractivity contribution in [2.75, 3.05) is 25.1 Å². The first-order chi connectivity index (χ1) is 8.72. The van der Waals surface area contributed by atoms with Gasteiger partial charge in [0.25, 0.3) is 0 Å². The predicted molar refractivity (Wildman–Crippen MR) is 74.7 cm³/mol. The van der Waals surface area contributed by atoms with Gasteiger partial charge in [-0.05, 0) is 25.0 Å². The zero-order valence-electron chi connectivity index (χ0n) is 10.9. The predicted octanol–water partition coefficient (Wildman–Crippen LogP) is 2.36. The fraction of sp³-hybridized carbons (Fsp3) is 0.500. The maximum atomic E-state index is 7.69. The van der Waals surface area contributed by atoms with Gasteiger partial charge in [0, 0.05) is 24.7 Å². The highest BCUT2D eigenvalue weighted by molar-refractivity contribution is 6.00. The summed E-state index contributed by atoms with van der Waals surface area (Å²) in [6, 6.07) is 5.72. The number of nitrogens with two attached hydrogens (primary N) is 1. The van der Waals surface area contributed by atoms with Crippen LogP contribution in [0.15, 0.2) is 18.2 Å². The van der Waals surface area contributed by atoms with Crippen LogP contribution >= 0.6 is 0 Å². The summed E-state index contributed by atoms with van der Waals surface area (Å²) < 4.78 is 5.27. The van der Waals surface area contributed by atoms with Crippen molar-refractivity contribution in [1.29, 1.82) is 5.41 Å². The number of anilines is 1. The van der Waals surface area contributed by atoms with E-state index < -0.39 is 0 Å². The summed E-state index contributed by atoms with van der Waals surface area (Å²) in [5, 5.41) is 7.69. The second-order valence-electron chi connectivity index (χ2n) is 4.70. The summed E-state index contributed by atoms with van der Waals surface area (Å²) in [5.74, 6) is 0.941. The third-order valence-corrected chi connectivity index (χ3v) is 3.44. The van der Waals surface area contributed by atoms with Crippen molar-refractivity contribution in [3.8, 4) is 5.75 Å². The van der Waals surface area contributed by atoms with Crippen LogP contribution in [-0.4, -0.2) is 26.0 Å². The topological polar surface area (TPSA) is 62.3 Å². The molecule has 0 unspecified atom stereocenters. The Morgan fingerprint density at radius 2 is 1.89 bits per heavy atom. The average molecular weight is 247 g/mol. The molecule has 0 aliphatic carbocycles. The van der Waals surface area contributed by atoms with Gasteiger partial charge < -0.3 is 15.4 Å². The van der Waals surface area contributed by atoms with Crippen LogP contribution in [0.2, 0.25) is 0 Å². The van der Waals surface area contributed by atoms with Crippen molar-refractivity contribution in [3.05, 3.63) is 23.8 Å². The number of hydrogen-bond acceptors (Lipinski definition) is 3. The highest BCUT2D eigenvalue weighted by Crippen LogP contribution is 2.28. The molecule has 4 nitrogen and oxygen atoms in total. The number of rotatable bonds is 3. The molecule has 1 aromatic carbocycles. The van der Waals surface area contributed by atoms with Gasteiger partial charge in [0.15, 0.2) is 0 Å². The van der Waals surface area contributed by atoms with Crippen LogP contribution in [0.4, 0.5) is 5.69 Å². The van der Waals surface area contributed by atoms with E-state index in [-0.39, 0.29) is 5.84 Å². The van der Waals surface area contributed by atoms with E-state index in [0.29, 0.717) is 0 Å². The van der Waals surface area contributed by atoms with Crippen LogP contribution < -0.4 is 15.4 Å². The maximum Gasteiger partial charge on any atom is 0.124 e. The van der Waals surface area contributed by atoms with Gasteiger partial charge in [-0.1, -0.05) is 12.8 Å². The molecule has 1 fully saturated rings. The molecule has 98 valence electrons. The fourth-order valence-corrected chi connectivity index (χ4v) is 2.44. The summed E-state index contributed by atoms with van der Waals surface area (Å²) in [7, 11) is 1.66. The molecular weight excluding hydrogens is 226 g/mol. The van der Waals surface area contributed by atoms with Crippen molar-refractivity contribution in [1.82, 2.24) is 0 Å². The van der Waals surface area contributed by atoms with Gasteiger partial charge in [-0.2, -0.15) is 0 Å². The molecule has 2 rings (SSSR count). The second-order valence-corrected chi connectivity index (χ2v) is 4.70.